The van der Waals surface area contributed by atoms with Crippen molar-refractivity contribution in [3.05, 3.63) is 53.1 Å². The Morgan fingerprint density at radius 2 is 1.83 bits per heavy atom. The molecule has 1 amide bonds. The predicted octanol–water partition coefficient (Wildman–Crippen LogP) is 2.68. The molecule has 0 unspecified atom stereocenters. The quantitative estimate of drug-likeness (QED) is 0.543. The lowest BCUT2D eigenvalue weighted by atomic mass is 9.92. The molecule has 2 saturated heterocycles. The third-order valence-electron chi connectivity index (χ3n) is 7.11. The van der Waals surface area contributed by atoms with E-state index in [1.54, 1.807) is 24.3 Å². The van der Waals surface area contributed by atoms with Crippen LogP contribution in [0.4, 0.5) is 11.4 Å². The van der Waals surface area contributed by atoms with E-state index in [1.165, 1.54) is 5.56 Å². The SMILES string of the molecule is O=C(NC[C@H]1CCCO1)c1ccc(N2CCNCC2)c(NS(=O)(=O)c2ccc3c(c2)CCCC3)c1. The number of anilines is 2. The van der Waals surface area contributed by atoms with Crippen molar-refractivity contribution in [2.45, 2.75) is 49.5 Å². The monoisotopic (exact) mass is 498 g/mol. The Bertz CT molecular complexity index is 1170. The van der Waals surface area contributed by atoms with Crippen molar-refractivity contribution < 1.29 is 17.9 Å². The number of piperazine rings is 1. The van der Waals surface area contributed by atoms with E-state index in [-0.39, 0.29) is 16.9 Å². The third-order valence-corrected chi connectivity index (χ3v) is 8.47. The molecule has 8 nitrogen and oxygen atoms in total. The second-order valence-corrected chi connectivity index (χ2v) is 11.2. The van der Waals surface area contributed by atoms with Gasteiger partial charge in [0.1, 0.15) is 0 Å². The number of ether oxygens (including phenoxy) is 1. The van der Waals surface area contributed by atoms with Gasteiger partial charge in [-0.2, -0.15) is 0 Å². The molecule has 2 aromatic carbocycles. The molecule has 35 heavy (non-hydrogen) atoms. The molecule has 2 fully saturated rings. The number of carbonyl (C=O) groups excluding carboxylic acids is 1. The topological polar surface area (TPSA) is 99.8 Å². The van der Waals surface area contributed by atoms with Crippen LogP contribution in [0.1, 0.15) is 47.2 Å². The molecule has 0 saturated carbocycles. The molecule has 5 rings (SSSR count). The van der Waals surface area contributed by atoms with Gasteiger partial charge in [0.25, 0.3) is 15.9 Å². The highest BCUT2D eigenvalue weighted by Gasteiger charge is 2.23. The maximum absolute atomic E-state index is 13.4. The Morgan fingerprint density at radius 1 is 1.03 bits per heavy atom. The highest BCUT2D eigenvalue weighted by Crippen LogP contribution is 2.31. The summed E-state index contributed by atoms with van der Waals surface area (Å²) < 4.78 is 35.3. The number of nitrogens with zero attached hydrogens (tertiary/aromatic N) is 1. The number of nitrogens with one attached hydrogen (secondary N) is 3. The number of hydrogen-bond donors (Lipinski definition) is 3. The summed E-state index contributed by atoms with van der Waals surface area (Å²) in [5.41, 5.74) is 3.98. The molecule has 0 aromatic heterocycles. The fourth-order valence-corrected chi connectivity index (χ4v) is 6.25. The van der Waals surface area contributed by atoms with Gasteiger partial charge in [0.15, 0.2) is 0 Å². The van der Waals surface area contributed by atoms with Gasteiger partial charge >= 0.3 is 0 Å². The van der Waals surface area contributed by atoms with Crippen molar-refractivity contribution in [3.8, 4) is 0 Å². The van der Waals surface area contributed by atoms with Crippen molar-refractivity contribution in [2.75, 3.05) is 49.0 Å². The average Bonchev–Trinajstić information content (AvgIpc) is 3.41. The molecule has 0 spiro atoms. The molecule has 3 N–H and O–H groups in total. The van der Waals surface area contributed by atoms with E-state index >= 15 is 0 Å². The van der Waals surface area contributed by atoms with E-state index in [9.17, 15) is 13.2 Å². The minimum Gasteiger partial charge on any atom is -0.376 e. The van der Waals surface area contributed by atoms with Crippen molar-refractivity contribution in [1.82, 2.24) is 10.6 Å². The van der Waals surface area contributed by atoms with E-state index in [0.29, 0.717) is 17.8 Å². The minimum absolute atomic E-state index is 0.0426. The summed E-state index contributed by atoms with van der Waals surface area (Å²) in [5, 5.41) is 6.25. The highest BCUT2D eigenvalue weighted by atomic mass is 32.2. The summed E-state index contributed by atoms with van der Waals surface area (Å²) in [7, 11) is -3.82. The lowest BCUT2D eigenvalue weighted by molar-refractivity contribution is 0.0858. The van der Waals surface area contributed by atoms with E-state index < -0.39 is 10.0 Å². The van der Waals surface area contributed by atoms with Gasteiger partial charge in [0.2, 0.25) is 0 Å². The van der Waals surface area contributed by atoms with Crippen molar-refractivity contribution in [3.63, 3.8) is 0 Å². The maximum atomic E-state index is 13.4. The van der Waals surface area contributed by atoms with Gasteiger partial charge < -0.3 is 20.3 Å². The fourth-order valence-electron chi connectivity index (χ4n) is 5.14. The van der Waals surface area contributed by atoms with Crippen LogP contribution in [-0.4, -0.2) is 59.8 Å². The van der Waals surface area contributed by atoms with Crippen LogP contribution in [0, 0.1) is 0 Å². The van der Waals surface area contributed by atoms with Crippen molar-refractivity contribution in [2.24, 2.45) is 0 Å². The Balaban J connectivity index is 1.41. The molecule has 0 radical (unpaired) electrons. The van der Waals surface area contributed by atoms with Crippen LogP contribution in [0.15, 0.2) is 41.3 Å². The van der Waals surface area contributed by atoms with E-state index in [1.807, 2.05) is 12.1 Å². The Hall–Kier alpha value is -2.62. The van der Waals surface area contributed by atoms with Crippen LogP contribution < -0.4 is 20.3 Å². The summed E-state index contributed by atoms with van der Waals surface area (Å²) in [4.78, 5) is 15.3. The van der Waals surface area contributed by atoms with E-state index in [4.69, 9.17) is 4.74 Å². The van der Waals surface area contributed by atoms with E-state index in [2.05, 4.69) is 20.3 Å². The molecule has 2 aliphatic heterocycles. The predicted molar refractivity (Wildman–Crippen MR) is 137 cm³/mol. The van der Waals surface area contributed by atoms with Gasteiger partial charge in [-0.05, 0) is 80.0 Å². The summed E-state index contributed by atoms with van der Waals surface area (Å²) >= 11 is 0. The molecular weight excluding hydrogens is 464 g/mol. The summed E-state index contributed by atoms with van der Waals surface area (Å²) in [6.07, 6.45) is 6.13. The molecule has 9 heteroatoms. The Kier molecular flexibility index (Phi) is 7.27. The van der Waals surface area contributed by atoms with Gasteiger partial charge in [0, 0.05) is 44.9 Å². The number of aryl methyl sites for hydroxylation is 2. The lowest BCUT2D eigenvalue weighted by Crippen LogP contribution is -2.43. The highest BCUT2D eigenvalue weighted by molar-refractivity contribution is 7.92. The van der Waals surface area contributed by atoms with Crippen LogP contribution in [0.3, 0.4) is 0 Å². The van der Waals surface area contributed by atoms with Crippen LogP contribution >= 0.6 is 0 Å². The minimum atomic E-state index is -3.82. The van der Waals surface area contributed by atoms with Gasteiger partial charge in [-0.3, -0.25) is 9.52 Å². The van der Waals surface area contributed by atoms with Gasteiger partial charge in [-0.1, -0.05) is 6.07 Å². The number of amides is 1. The van der Waals surface area contributed by atoms with Crippen molar-refractivity contribution in [1.29, 1.82) is 0 Å². The lowest BCUT2D eigenvalue weighted by Gasteiger charge is -2.31. The first kappa shape index (κ1) is 24.1. The second kappa shape index (κ2) is 10.6. The Labute approximate surface area is 207 Å². The summed E-state index contributed by atoms with van der Waals surface area (Å²) in [5.74, 6) is -0.235. The maximum Gasteiger partial charge on any atom is 0.261 e. The van der Waals surface area contributed by atoms with Crippen molar-refractivity contribution >= 4 is 27.3 Å². The second-order valence-electron chi connectivity index (χ2n) is 9.56. The molecule has 1 atom stereocenters. The molecule has 188 valence electrons. The Morgan fingerprint density at radius 3 is 2.60 bits per heavy atom. The number of sulfonamides is 1. The molecule has 2 heterocycles. The van der Waals surface area contributed by atoms with Gasteiger partial charge in [-0.15, -0.1) is 0 Å². The zero-order chi connectivity index (χ0) is 24.3. The standard InChI is InChI=1S/C26H34N4O4S/c31-26(28-18-22-6-3-15-34-22)21-8-10-25(30-13-11-27-12-14-30)24(17-21)29-35(32,33)23-9-7-19-4-1-2-5-20(19)16-23/h7-10,16-17,22,27,29H,1-6,11-15,18H2,(H,28,31)/t22-/m1/s1. The number of hydrogen-bond acceptors (Lipinski definition) is 6. The van der Waals surface area contributed by atoms with E-state index in [0.717, 1.165) is 82.6 Å². The summed E-state index contributed by atoms with van der Waals surface area (Å²) in [6, 6.07) is 10.7. The normalized spacial score (nSPS) is 20.3. The number of carbonyl (C=O) groups is 1. The molecule has 0 bridgehead atoms. The third kappa shape index (κ3) is 5.63. The number of benzene rings is 2. The first-order chi connectivity index (χ1) is 17.0. The van der Waals surface area contributed by atoms with Crippen LogP contribution in [0.5, 0.6) is 0 Å². The largest absolute Gasteiger partial charge is 0.376 e. The molecule has 3 aliphatic rings. The number of fused-ring (bicyclic) bond motifs is 1. The van der Waals surface area contributed by atoms with Gasteiger partial charge in [-0.25, -0.2) is 8.42 Å². The number of rotatable bonds is 7. The molecule has 2 aromatic rings. The molecular formula is C26H34N4O4S. The average molecular weight is 499 g/mol. The zero-order valence-corrected chi connectivity index (χ0v) is 20.8. The molecule has 1 aliphatic carbocycles. The zero-order valence-electron chi connectivity index (χ0n) is 20.0. The first-order valence-corrected chi connectivity index (χ1v) is 14.1. The summed E-state index contributed by atoms with van der Waals surface area (Å²) in [6.45, 7) is 4.35. The van der Waals surface area contributed by atoms with Crippen LogP contribution in [0.2, 0.25) is 0 Å². The first-order valence-electron chi connectivity index (χ1n) is 12.6. The smallest absolute Gasteiger partial charge is 0.261 e. The van der Waals surface area contributed by atoms with Gasteiger partial charge in [0.05, 0.1) is 22.4 Å². The van der Waals surface area contributed by atoms with Crippen LogP contribution in [-0.2, 0) is 27.6 Å². The van der Waals surface area contributed by atoms with Crippen LogP contribution in [0.25, 0.3) is 0 Å². The fraction of sp³-hybridized carbons (Fsp3) is 0.500.